The van der Waals surface area contributed by atoms with Gasteiger partial charge in [-0.1, -0.05) is 35.6 Å². The SMILES string of the molecule is Cc1cc(CNS(=O)(=O)Cc2cccc(C(N)=S)c2)no1. The van der Waals surface area contributed by atoms with Crippen LogP contribution < -0.4 is 10.5 Å². The summed E-state index contributed by atoms with van der Waals surface area (Å²) < 4.78 is 31.4. The molecular formula is C13H15N3O3S2. The fourth-order valence-electron chi connectivity index (χ4n) is 1.77. The summed E-state index contributed by atoms with van der Waals surface area (Å²) in [6, 6.07) is 8.52. The smallest absolute Gasteiger partial charge is 0.216 e. The van der Waals surface area contributed by atoms with Crippen LogP contribution in [0.2, 0.25) is 0 Å². The largest absolute Gasteiger partial charge is 0.389 e. The van der Waals surface area contributed by atoms with Gasteiger partial charge in [-0.15, -0.1) is 0 Å². The van der Waals surface area contributed by atoms with Gasteiger partial charge in [0.1, 0.15) is 10.7 Å². The van der Waals surface area contributed by atoms with Crippen molar-refractivity contribution in [2.45, 2.75) is 19.2 Å². The molecular weight excluding hydrogens is 310 g/mol. The zero-order valence-electron chi connectivity index (χ0n) is 11.4. The van der Waals surface area contributed by atoms with E-state index in [1.54, 1.807) is 37.3 Å². The maximum Gasteiger partial charge on any atom is 0.216 e. The van der Waals surface area contributed by atoms with E-state index >= 15 is 0 Å². The second-order valence-electron chi connectivity index (χ2n) is 4.57. The first-order valence-corrected chi connectivity index (χ1v) is 8.20. The van der Waals surface area contributed by atoms with E-state index in [1.807, 2.05) is 0 Å². The second-order valence-corrected chi connectivity index (χ2v) is 6.82. The molecule has 0 saturated heterocycles. The van der Waals surface area contributed by atoms with Gasteiger partial charge >= 0.3 is 0 Å². The van der Waals surface area contributed by atoms with Crippen molar-refractivity contribution in [3.8, 4) is 0 Å². The first-order valence-electron chi connectivity index (χ1n) is 6.14. The Morgan fingerprint density at radius 1 is 1.43 bits per heavy atom. The lowest BCUT2D eigenvalue weighted by molar-refractivity contribution is 0.390. The molecule has 0 spiro atoms. The molecule has 0 unspecified atom stereocenters. The zero-order chi connectivity index (χ0) is 15.5. The van der Waals surface area contributed by atoms with Crippen molar-refractivity contribution in [3.63, 3.8) is 0 Å². The molecule has 8 heteroatoms. The van der Waals surface area contributed by atoms with Gasteiger partial charge in [0, 0.05) is 11.6 Å². The molecule has 1 aromatic heterocycles. The summed E-state index contributed by atoms with van der Waals surface area (Å²) in [5.41, 5.74) is 7.32. The Hall–Kier alpha value is -1.77. The normalized spacial score (nSPS) is 11.5. The number of hydrogen-bond donors (Lipinski definition) is 2. The molecule has 0 fully saturated rings. The molecule has 6 nitrogen and oxygen atoms in total. The Kier molecular flexibility index (Phi) is 4.71. The molecule has 112 valence electrons. The number of rotatable bonds is 6. The van der Waals surface area contributed by atoms with Crippen molar-refractivity contribution in [1.82, 2.24) is 9.88 Å². The quantitative estimate of drug-likeness (QED) is 0.775. The van der Waals surface area contributed by atoms with Crippen LogP contribution in [0, 0.1) is 6.92 Å². The molecule has 0 radical (unpaired) electrons. The molecule has 1 heterocycles. The van der Waals surface area contributed by atoms with Crippen LogP contribution in [0.3, 0.4) is 0 Å². The van der Waals surface area contributed by atoms with Crippen molar-refractivity contribution in [2.24, 2.45) is 5.73 Å². The molecule has 2 rings (SSSR count). The molecule has 0 saturated carbocycles. The van der Waals surface area contributed by atoms with E-state index in [-0.39, 0.29) is 17.3 Å². The molecule has 1 aromatic carbocycles. The van der Waals surface area contributed by atoms with E-state index in [9.17, 15) is 8.42 Å². The third kappa shape index (κ3) is 4.62. The molecule has 2 aromatic rings. The Bertz CT molecular complexity index is 754. The summed E-state index contributed by atoms with van der Waals surface area (Å²) in [4.78, 5) is 0.236. The van der Waals surface area contributed by atoms with E-state index in [0.717, 1.165) is 0 Å². The number of thiocarbonyl (C=S) groups is 1. The van der Waals surface area contributed by atoms with Gasteiger partial charge in [-0.25, -0.2) is 13.1 Å². The van der Waals surface area contributed by atoms with Crippen molar-refractivity contribution in [1.29, 1.82) is 0 Å². The van der Waals surface area contributed by atoms with Gasteiger partial charge in [0.25, 0.3) is 0 Å². The van der Waals surface area contributed by atoms with Gasteiger partial charge in [0.15, 0.2) is 0 Å². The highest BCUT2D eigenvalue weighted by molar-refractivity contribution is 7.88. The minimum absolute atomic E-state index is 0.0919. The van der Waals surface area contributed by atoms with Gasteiger partial charge in [0.05, 0.1) is 18.0 Å². The minimum atomic E-state index is -3.48. The van der Waals surface area contributed by atoms with Crippen LogP contribution in [0.25, 0.3) is 0 Å². The average molecular weight is 325 g/mol. The lowest BCUT2D eigenvalue weighted by Gasteiger charge is -2.06. The molecule has 0 atom stereocenters. The Morgan fingerprint density at radius 2 is 2.19 bits per heavy atom. The number of benzene rings is 1. The maximum absolute atomic E-state index is 12.0. The van der Waals surface area contributed by atoms with Crippen LogP contribution in [-0.4, -0.2) is 18.6 Å². The molecule has 0 aliphatic rings. The summed E-state index contributed by atoms with van der Waals surface area (Å²) >= 11 is 4.87. The second kappa shape index (κ2) is 6.33. The number of aromatic nitrogens is 1. The Balaban J connectivity index is 2.03. The summed E-state index contributed by atoms with van der Waals surface area (Å²) in [5, 5.41) is 3.73. The standard InChI is InChI=1S/C13H15N3O3S2/c1-9-5-12(16-19-9)7-15-21(17,18)8-10-3-2-4-11(6-10)13(14)20/h2-6,15H,7-8H2,1H3,(H2,14,20). The summed E-state index contributed by atoms with van der Waals surface area (Å²) in [6.45, 7) is 1.83. The highest BCUT2D eigenvalue weighted by Gasteiger charge is 2.13. The van der Waals surface area contributed by atoms with Crippen molar-refractivity contribution in [3.05, 3.63) is 52.9 Å². The molecule has 3 N–H and O–H groups in total. The fourth-order valence-corrected chi connectivity index (χ4v) is 2.99. The number of aryl methyl sites for hydroxylation is 1. The summed E-state index contributed by atoms with van der Waals surface area (Å²) in [7, 11) is -3.48. The maximum atomic E-state index is 12.0. The number of nitrogens with zero attached hydrogens (tertiary/aromatic N) is 1. The molecule has 0 amide bonds. The van der Waals surface area contributed by atoms with Crippen molar-refractivity contribution < 1.29 is 12.9 Å². The fraction of sp³-hybridized carbons (Fsp3) is 0.231. The van der Waals surface area contributed by atoms with E-state index in [2.05, 4.69) is 9.88 Å². The third-order valence-electron chi connectivity index (χ3n) is 2.72. The van der Waals surface area contributed by atoms with Crippen LogP contribution in [-0.2, 0) is 22.3 Å². The van der Waals surface area contributed by atoms with E-state index in [1.165, 1.54) is 0 Å². The number of nitrogens with one attached hydrogen (secondary N) is 1. The average Bonchev–Trinajstić information content (AvgIpc) is 2.82. The number of sulfonamides is 1. The van der Waals surface area contributed by atoms with Gasteiger partial charge in [0.2, 0.25) is 10.0 Å². The highest BCUT2D eigenvalue weighted by Crippen LogP contribution is 2.09. The van der Waals surface area contributed by atoms with Crippen molar-refractivity contribution in [2.75, 3.05) is 0 Å². The summed E-state index contributed by atoms with van der Waals surface area (Å²) in [5.74, 6) is 0.480. The first-order chi connectivity index (χ1) is 9.85. The zero-order valence-corrected chi connectivity index (χ0v) is 13.0. The van der Waals surface area contributed by atoms with Gasteiger partial charge < -0.3 is 10.3 Å². The van der Waals surface area contributed by atoms with E-state index in [0.29, 0.717) is 22.6 Å². The lowest BCUT2D eigenvalue weighted by atomic mass is 10.1. The molecule has 0 bridgehead atoms. The van der Waals surface area contributed by atoms with Gasteiger partial charge in [-0.05, 0) is 18.6 Å². The van der Waals surface area contributed by atoms with Crippen LogP contribution in [0.5, 0.6) is 0 Å². The number of hydrogen-bond acceptors (Lipinski definition) is 5. The molecule has 21 heavy (non-hydrogen) atoms. The first kappa shape index (κ1) is 15.6. The highest BCUT2D eigenvalue weighted by atomic mass is 32.2. The van der Waals surface area contributed by atoms with E-state index < -0.39 is 10.0 Å². The summed E-state index contributed by atoms with van der Waals surface area (Å²) in [6.07, 6.45) is 0. The van der Waals surface area contributed by atoms with Crippen LogP contribution >= 0.6 is 12.2 Å². The van der Waals surface area contributed by atoms with Crippen molar-refractivity contribution >= 4 is 27.2 Å². The third-order valence-corrected chi connectivity index (χ3v) is 4.25. The van der Waals surface area contributed by atoms with Gasteiger partial charge in [-0.2, -0.15) is 0 Å². The predicted octanol–water partition coefficient (Wildman–Crippen LogP) is 1.24. The van der Waals surface area contributed by atoms with Crippen LogP contribution in [0.1, 0.15) is 22.6 Å². The van der Waals surface area contributed by atoms with Crippen LogP contribution in [0.15, 0.2) is 34.9 Å². The molecule has 0 aliphatic carbocycles. The predicted molar refractivity (Wildman–Crippen MR) is 83.0 cm³/mol. The topological polar surface area (TPSA) is 98.2 Å². The van der Waals surface area contributed by atoms with Crippen LogP contribution in [0.4, 0.5) is 0 Å². The van der Waals surface area contributed by atoms with Gasteiger partial charge in [-0.3, -0.25) is 0 Å². The number of nitrogens with two attached hydrogens (primary N) is 1. The Labute approximate surface area is 128 Å². The Morgan fingerprint density at radius 3 is 2.81 bits per heavy atom. The lowest BCUT2D eigenvalue weighted by Crippen LogP contribution is -2.25. The molecule has 0 aliphatic heterocycles. The monoisotopic (exact) mass is 325 g/mol. The minimum Gasteiger partial charge on any atom is -0.389 e. The van der Waals surface area contributed by atoms with E-state index in [4.69, 9.17) is 22.5 Å².